The van der Waals surface area contributed by atoms with Crippen LogP contribution < -0.4 is 5.32 Å². The molecule has 6 nitrogen and oxygen atoms in total. The summed E-state index contributed by atoms with van der Waals surface area (Å²) in [5.41, 5.74) is 0.961. The van der Waals surface area contributed by atoms with Crippen LogP contribution in [-0.2, 0) is 16.1 Å². The largest absolute Gasteiger partial charge is 0.395 e. The van der Waals surface area contributed by atoms with Gasteiger partial charge in [-0.2, -0.15) is 0 Å². The van der Waals surface area contributed by atoms with Gasteiger partial charge >= 0.3 is 0 Å². The summed E-state index contributed by atoms with van der Waals surface area (Å²) in [6, 6.07) is 9.13. The Morgan fingerprint density at radius 2 is 1.96 bits per heavy atom. The number of hydrogen-bond acceptors (Lipinski definition) is 4. The maximum atomic E-state index is 12.6. The molecule has 0 unspecified atom stereocenters. The topological polar surface area (TPSA) is 89.9 Å². The van der Waals surface area contributed by atoms with Gasteiger partial charge in [-0.25, -0.2) is 0 Å². The molecule has 0 spiro atoms. The molecule has 2 amide bonds. The molecule has 0 fully saturated rings. The lowest BCUT2D eigenvalue weighted by molar-refractivity contribution is -0.137. The normalized spacial score (nSPS) is 12.9. The SMILES string of the molecule is C=CC[C@H](CC(=O)N(CCO)Cc1ccccc1)C(=O)N[C@@H](C)CO. The molecule has 6 heteroatoms. The lowest BCUT2D eigenvalue weighted by Crippen LogP contribution is -2.41. The Kier molecular flexibility index (Phi) is 9.50. The molecule has 0 aliphatic rings. The predicted octanol–water partition coefficient (Wildman–Crippen LogP) is 1.09. The Hall–Kier alpha value is -2.18. The lowest BCUT2D eigenvalue weighted by Gasteiger charge is -2.25. The Bertz CT molecular complexity index is 548. The Morgan fingerprint density at radius 3 is 2.52 bits per heavy atom. The van der Waals surface area contributed by atoms with E-state index in [1.54, 1.807) is 17.9 Å². The molecule has 1 aromatic rings. The van der Waals surface area contributed by atoms with E-state index in [1.165, 1.54) is 0 Å². The van der Waals surface area contributed by atoms with E-state index in [0.717, 1.165) is 5.56 Å². The van der Waals surface area contributed by atoms with E-state index in [1.807, 2.05) is 30.3 Å². The fourth-order valence-corrected chi connectivity index (χ4v) is 2.45. The van der Waals surface area contributed by atoms with Crippen molar-refractivity contribution in [3.63, 3.8) is 0 Å². The summed E-state index contributed by atoms with van der Waals surface area (Å²) in [5.74, 6) is -1.02. The Balaban J connectivity index is 2.76. The van der Waals surface area contributed by atoms with Gasteiger partial charge in [-0.15, -0.1) is 6.58 Å². The number of amides is 2. The van der Waals surface area contributed by atoms with Gasteiger partial charge in [0, 0.05) is 25.6 Å². The average molecular weight is 348 g/mol. The second-order valence-electron chi connectivity index (χ2n) is 6.04. The fraction of sp³-hybridized carbons (Fsp3) is 0.474. The van der Waals surface area contributed by atoms with E-state index in [2.05, 4.69) is 11.9 Å². The molecule has 0 aliphatic carbocycles. The van der Waals surface area contributed by atoms with Gasteiger partial charge in [0.05, 0.1) is 19.1 Å². The molecule has 0 bridgehead atoms. The number of benzene rings is 1. The average Bonchev–Trinajstić information content (AvgIpc) is 2.61. The van der Waals surface area contributed by atoms with Crippen molar-refractivity contribution in [1.82, 2.24) is 10.2 Å². The maximum absolute atomic E-state index is 12.6. The molecule has 0 saturated heterocycles. The molecule has 0 aliphatic heterocycles. The van der Waals surface area contributed by atoms with Crippen LogP contribution in [0.5, 0.6) is 0 Å². The molecule has 3 N–H and O–H groups in total. The van der Waals surface area contributed by atoms with Crippen LogP contribution >= 0.6 is 0 Å². The van der Waals surface area contributed by atoms with Crippen LogP contribution in [0.2, 0.25) is 0 Å². The number of carbonyl (C=O) groups excluding carboxylic acids is 2. The molecule has 0 radical (unpaired) electrons. The van der Waals surface area contributed by atoms with Crippen LogP contribution in [0.3, 0.4) is 0 Å². The third kappa shape index (κ3) is 7.49. The van der Waals surface area contributed by atoms with Crippen LogP contribution in [0.4, 0.5) is 0 Å². The summed E-state index contributed by atoms with van der Waals surface area (Å²) in [6.07, 6.45) is 2.01. The Labute approximate surface area is 149 Å². The minimum absolute atomic E-state index is 0.0306. The number of aliphatic hydroxyl groups is 2. The van der Waals surface area contributed by atoms with Crippen molar-refractivity contribution >= 4 is 11.8 Å². The van der Waals surface area contributed by atoms with Crippen LogP contribution in [0.1, 0.15) is 25.3 Å². The van der Waals surface area contributed by atoms with Crippen LogP contribution in [0.15, 0.2) is 43.0 Å². The fourth-order valence-electron chi connectivity index (χ4n) is 2.45. The molecule has 1 aromatic carbocycles. The van der Waals surface area contributed by atoms with Crippen molar-refractivity contribution in [1.29, 1.82) is 0 Å². The van der Waals surface area contributed by atoms with Crippen molar-refractivity contribution in [3.05, 3.63) is 48.6 Å². The van der Waals surface area contributed by atoms with Gasteiger partial charge in [-0.05, 0) is 18.9 Å². The first-order valence-electron chi connectivity index (χ1n) is 8.46. The van der Waals surface area contributed by atoms with E-state index < -0.39 is 5.92 Å². The van der Waals surface area contributed by atoms with E-state index in [4.69, 9.17) is 5.11 Å². The lowest BCUT2D eigenvalue weighted by atomic mass is 9.98. The number of aliphatic hydroxyl groups excluding tert-OH is 2. The summed E-state index contributed by atoms with van der Waals surface area (Å²) in [6.45, 7) is 5.63. The van der Waals surface area contributed by atoms with E-state index in [-0.39, 0.29) is 44.0 Å². The number of nitrogens with one attached hydrogen (secondary N) is 1. The zero-order valence-electron chi connectivity index (χ0n) is 14.7. The molecule has 0 aromatic heterocycles. The van der Waals surface area contributed by atoms with E-state index >= 15 is 0 Å². The van der Waals surface area contributed by atoms with Crippen molar-refractivity contribution in [2.24, 2.45) is 5.92 Å². The third-order valence-corrected chi connectivity index (χ3v) is 3.84. The molecule has 2 atom stereocenters. The predicted molar refractivity (Wildman–Crippen MR) is 96.6 cm³/mol. The highest BCUT2D eigenvalue weighted by molar-refractivity contribution is 5.86. The van der Waals surface area contributed by atoms with Gasteiger partial charge in [0.1, 0.15) is 0 Å². The highest BCUT2D eigenvalue weighted by atomic mass is 16.3. The van der Waals surface area contributed by atoms with Gasteiger partial charge in [-0.1, -0.05) is 36.4 Å². The van der Waals surface area contributed by atoms with Gasteiger partial charge in [0.15, 0.2) is 0 Å². The highest BCUT2D eigenvalue weighted by Crippen LogP contribution is 2.14. The zero-order chi connectivity index (χ0) is 18.7. The summed E-state index contributed by atoms with van der Waals surface area (Å²) in [4.78, 5) is 26.5. The standard InChI is InChI=1S/C19H28N2O4/c1-3-7-17(19(25)20-15(2)14-23)12-18(24)21(10-11-22)13-16-8-5-4-6-9-16/h3-6,8-9,15,17,22-23H,1,7,10-14H2,2H3,(H,20,25)/t15-,17+/m0/s1. The minimum atomic E-state index is -0.545. The molecule has 0 saturated carbocycles. The minimum Gasteiger partial charge on any atom is -0.395 e. The molecular weight excluding hydrogens is 320 g/mol. The quantitative estimate of drug-likeness (QED) is 0.522. The van der Waals surface area contributed by atoms with Gasteiger partial charge < -0.3 is 20.4 Å². The van der Waals surface area contributed by atoms with E-state index in [0.29, 0.717) is 13.0 Å². The van der Waals surface area contributed by atoms with Gasteiger partial charge in [0.25, 0.3) is 0 Å². The van der Waals surface area contributed by atoms with Crippen LogP contribution in [0.25, 0.3) is 0 Å². The van der Waals surface area contributed by atoms with Crippen molar-refractivity contribution in [2.75, 3.05) is 19.8 Å². The molecule has 138 valence electrons. The van der Waals surface area contributed by atoms with Gasteiger partial charge in [0.2, 0.25) is 11.8 Å². The molecule has 1 rings (SSSR count). The first kappa shape index (κ1) is 20.9. The van der Waals surface area contributed by atoms with Gasteiger partial charge in [-0.3, -0.25) is 9.59 Å². The van der Waals surface area contributed by atoms with Crippen molar-refractivity contribution in [2.45, 2.75) is 32.4 Å². The van der Waals surface area contributed by atoms with Crippen molar-refractivity contribution in [3.8, 4) is 0 Å². The second kappa shape index (κ2) is 11.4. The third-order valence-electron chi connectivity index (χ3n) is 3.84. The van der Waals surface area contributed by atoms with Crippen LogP contribution in [0, 0.1) is 5.92 Å². The summed E-state index contributed by atoms with van der Waals surface area (Å²) in [7, 11) is 0. The number of nitrogens with zero attached hydrogens (tertiary/aromatic N) is 1. The smallest absolute Gasteiger partial charge is 0.224 e. The van der Waals surface area contributed by atoms with E-state index in [9.17, 15) is 14.7 Å². The molecule has 25 heavy (non-hydrogen) atoms. The maximum Gasteiger partial charge on any atom is 0.224 e. The first-order chi connectivity index (χ1) is 12.0. The van der Waals surface area contributed by atoms with Crippen LogP contribution in [-0.4, -0.2) is 52.7 Å². The summed E-state index contributed by atoms with van der Waals surface area (Å²) in [5, 5.41) is 21.0. The number of allylic oxidation sites excluding steroid dienone is 1. The second-order valence-corrected chi connectivity index (χ2v) is 6.04. The first-order valence-corrected chi connectivity index (χ1v) is 8.46. The summed E-state index contributed by atoms with van der Waals surface area (Å²) >= 11 is 0. The summed E-state index contributed by atoms with van der Waals surface area (Å²) < 4.78 is 0. The zero-order valence-corrected chi connectivity index (χ0v) is 14.7. The molecular formula is C19H28N2O4. The van der Waals surface area contributed by atoms with Crippen molar-refractivity contribution < 1.29 is 19.8 Å². The highest BCUT2D eigenvalue weighted by Gasteiger charge is 2.24. The monoisotopic (exact) mass is 348 g/mol. The Morgan fingerprint density at radius 1 is 1.28 bits per heavy atom. The number of rotatable bonds is 11. The number of carbonyl (C=O) groups is 2. The number of hydrogen-bond donors (Lipinski definition) is 3. The molecule has 0 heterocycles.